The van der Waals surface area contributed by atoms with Gasteiger partial charge in [-0.25, -0.2) is 14.5 Å². The fourth-order valence-electron chi connectivity index (χ4n) is 7.24. The van der Waals surface area contributed by atoms with Crippen molar-refractivity contribution in [2.24, 2.45) is 0 Å². The molecule has 0 spiro atoms. The zero-order chi connectivity index (χ0) is 36.3. The van der Waals surface area contributed by atoms with Crippen LogP contribution < -0.4 is 5.32 Å². The molecular formula is C41H38N8O4. The number of aromatic nitrogens is 3. The van der Waals surface area contributed by atoms with Gasteiger partial charge in [-0.3, -0.25) is 14.6 Å². The minimum atomic E-state index is -0.905. The van der Waals surface area contributed by atoms with Gasteiger partial charge in [0.2, 0.25) is 11.8 Å². The minimum Gasteiger partial charge on any atom is -0.508 e. The highest BCUT2D eigenvalue weighted by Gasteiger charge is 2.51. The lowest BCUT2D eigenvalue weighted by atomic mass is 9.98. The lowest BCUT2D eigenvalue weighted by Crippen LogP contribution is -2.76. The van der Waals surface area contributed by atoms with Crippen molar-refractivity contribution in [2.45, 2.75) is 38.3 Å². The predicted molar refractivity (Wildman–Crippen MR) is 198 cm³/mol. The number of urea groups is 1. The van der Waals surface area contributed by atoms with E-state index in [1.807, 2.05) is 103 Å². The van der Waals surface area contributed by atoms with Crippen molar-refractivity contribution in [3.8, 4) is 11.4 Å². The number of pyridine rings is 1. The molecule has 2 unspecified atom stereocenters. The molecule has 0 aliphatic carbocycles. The van der Waals surface area contributed by atoms with Crippen LogP contribution in [0.4, 0.5) is 4.79 Å². The van der Waals surface area contributed by atoms with Crippen molar-refractivity contribution in [3.63, 3.8) is 0 Å². The van der Waals surface area contributed by atoms with Gasteiger partial charge in [-0.2, -0.15) is 10.1 Å². The molecule has 12 nitrogen and oxygen atoms in total. The van der Waals surface area contributed by atoms with Gasteiger partial charge in [0.1, 0.15) is 18.0 Å². The Morgan fingerprint density at radius 1 is 0.811 bits per heavy atom. The summed E-state index contributed by atoms with van der Waals surface area (Å²) in [5.41, 5.74) is 4.90. The van der Waals surface area contributed by atoms with Gasteiger partial charge < -0.3 is 20.2 Å². The molecule has 2 fully saturated rings. The largest absolute Gasteiger partial charge is 0.508 e. The van der Waals surface area contributed by atoms with Gasteiger partial charge in [0.15, 0.2) is 0 Å². The number of hydrogen-bond donors (Lipinski definition) is 2. The number of fused-ring (bicyclic) bond motifs is 2. The van der Waals surface area contributed by atoms with E-state index >= 15 is 0 Å². The van der Waals surface area contributed by atoms with Gasteiger partial charge >= 0.3 is 6.03 Å². The Labute approximate surface area is 306 Å². The van der Waals surface area contributed by atoms with Gasteiger partial charge in [0.05, 0.1) is 36.5 Å². The first-order chi connectivity index (χ1) is 25.9. The lowest BCUT2D eigenvalue weighted by Gasteiger charge is -2.55. The number of phenols is 1. The maximum atomic E-state index is 14.6. The van der Waals surface area contributed by atoms with Crippen LogP contribution in [0.5, 0.6) is 5.75 Å². The smallest absolute Gasteiger partial charge is 0.334 e. The van der Waals surface area contributed by atoms with Crippen molar-refractivity contribution < 1.29 is 19.5 Å². The first-order valence-electron chi connectivity index (χ1n) is 17.6. The van der Waals surface area contributed by atoms with Gasteiger partial charge in [-0.05, 0) is 53.1 Å². The molecule has 12 heteroatoms. The summed E-state index contributed by atoms with van der Waals surface area (Å²) >= 11 is 0. The van der Waals surface area contributed by atoms with E-state index in [9.17, 15) is 19.5 Å². The minimum absolute atomic E-state index is 0.0770. The van der Waals surface area contributed by atoms with E-state index in [0.29, 0.717) is 5.69 Å². The van der Waals surface area contributed by atoms with Crippen molar-refractivity contribution >= 4 is 28.7 Å². The zero-order valence-corrected chi connectivity index (χ0v) is 28.9. The summed E-state index contributed by atoms with van der Waals surface area (Å²) in [5, 5.41) is 22.1. The molecule has 0 bridgehead atoms. The van der Waals surface area contributed by atoms with Gasteiger partial charge in [0.25, 0.3) is 0 Å². The summed E-state index contributed by atoms with van der Waals surface area (Å²) in [5.74, 6) is -0.393. The number of carbonyl (C=O) groups excluding carboxylic acids is 3. The third-order valence-corrected chi connectivity index (χ3v) is 9.78. The van der Waals surface area contributed by atoms with Crippen molar-refractivity contribution in [1.82, 2.24) is 39.9 Å². The Balaban J connectivity index is 1.16. The molecule has 0 saturated carbocycles. The van der Waals surface area contributed by atoms with E-state index in [4.69, 9.17) is 5.10 Å². The van der Waals surface area contributed by atoms with Crippen LogP contribution >= 0.6 is 0 Å². The number of para-hydroxylation sites is 2. The van der Waals surface area contributed by atoms with Crippen molar-refractivity contribution in [2.75, 3.05) is 13.1 Å². The number of carbonyl (C=O) groups is 3. The van der Waals surface area contributed by atoms with Crippen LogP contribution in [0.2, 0.25) is 0 Å². The number of nitrogens with one attached hydrogen (secondary N) is 1. The second-order valence-corrected chi connectivity index (χ2v) is 13.3. The average Bonchev–Trinajstić information content (AvgIpc) is 3.66. The second-order valence-electron chi connectivity index (χ2n) is 13.3. The maximum Gasteiger partial charge on any atom is 0.334 e. The number of nitrogens with zero attached hydrogens (tertiary/aromatic N) is 7. The van der Waals surface area contributed by atoms with Gasteiger partial charge in [0, 0.05) is 37.3 Å². The normalized spacial score (nSPS) is 17.6. The standard InChI is InChI=1S/C41H38N8O4/c50-35-18-16-29(17-19-35)23-36-40(52)45(25-32-12-7-11-31-13-8-21-42-39(31)32)27-37-48(36)38(51)28-46(49(37)41(53)43-24-30-9-3-1-4-10-30)26-33-20-22-47(44-33)34-14-5-2-6-15-34/h1-22,36-37,50H,23-28H2,(H,43,53). The molecule has 4 heterocycles. The van der Waals surface area contributed by atoms with E-state index in [0.717, 1.165) is 33.3 Å². The summed E-state index contributed by atoms with van der Waals surface area (Å²) in [6.07, 6.45) is 2.96. The highest BCUT2D eigenvalue weighted by atomic mass is 16.3. The van der Waals surface area contributed by atoms with Crippen LogP contribution in [0, 0.1) is 0 Å². The summed E-state index contributed by atoms with van der Waals surface area (Å²) < 4.78 is 1.76. The average molecular weight is 707 g/mol. The van der Waals surface area contributed by atoms with E-state index in [1.165, 1.54) is 0 Å². The molecule has 6 aromatic rings. The molecule has 2 aliphatic rings. The van der Waals surface area contributed by atoms with Crippen LogP contribution in [0.3, 0.4) is 0 Å². The van der Waals surface area contributed by atoms with Crippen LogP contribution in [-0.2, 0) is 35.6 Å². The molecule has 2 atom stereocenters. The fraction of sp³-hybridized carbons (Fsp3) is 0.195. The monoisotopic (exact) mass is 706 g/mol. The highest BCUT2D eigenvalue weighted by Crippen LogP contribution is 2.31. The Hall–Kier alpha value is -6.53. The number of phenolic OH excluding ortho intramolecular Hbond substituents is 1. The first kappa shape index (κ1) is 33.6. The number of hydrogen-bond acceptors (Lipinski definition) is 7. The molecule has 8 rings (SSSR count). The van der Waals surface area contributed by atoms with E-state index < -0.39 is 18.2 Å². The Bertz CT molecular complexity index is 2240. The third kappa shape index (κ3) is 7.04. The Morgan fingerprint density at radius 2 is 1.57 bits per heavy atom. The molecule has 266 valence electrons. The van der Waals surface area contributed by atoms with Crippen LogP contribution in [0.1, 0.15) is 22.4 Å². The van der Waals surface area contributed by atoms with Gasteiger partial charge in [-0.1, -0.05) is 84.9 Å². The summed E-state index contributed by atoms with van der Waals surface area (Å²) in [7, 11) is 0. The SMILES string of the molecule is O=C1C(Cc2ccc(O)cc2)N2C(=O)CN(Cc3ccn(-c4ccccc4)n3)N(C(=O)NCc3ccccc3)C2CN1Cc1cccc2cccnc12. The molecular weight excluding hydrogens is 669 g/mol. The second kappa shape index (κ2) is 14.6. The van der Waals surface area contributed by atoms with E-state index in [-0.39, 0.29) is 56.7 Å². The van der Waals surface area contributed by atoms with Crippen LogP contribution in [0.25, 0.3) is 16.6 Å². The molecule has 2 saturated heterocycles. The fourth-order valence-corrected chi connectivity index (χ4v) is 7.24. The van der Waals surface area contributed by atoms with Crippen LogP contribution in [0.15, 0.2) is 134 Å². The first-order valence-corrected chi connectivity index (χ1v) is 17.6. The van der Waals surface area contributed by atoms with E-state index in [1.54, 1.807) is 55.0 Å². The molecule has 2 aliphatic heterocycles. The number of rotatable bonds is 9. The lowest BCUT2D eigenvalue weighted by molar-refractivity contribution is -0.192. The van der Waals surface area contributed by atoms with Gasteiger partial charge in [-0.15, -0.1) is 0 Å². The topological polar surface area (TPSA) is 127 Å². The summed E-state index contributed by atoms with van der Waals surface area (Å²) in [6, 6.07) is 36.3. The van der Waals surface area contributed by atoms with Crippen LogP contribution in [-0.4, -0.2) is 82.8 Å². The quantitative estimate of drug-likeness (QED) is 0.220. The van der Waals surface area contributed by atoms with Crippen molar-refractivity contribution in [3.05, 3.63) is 156 Å². The number of piperazine rings is 1. The maximum absolute atomic E-state index is 14.6. The summed E-state index contributed by atoms with van der Waals surface area (Å²) in [4.78, 5) is 51.3. The number of benzene rings is 4. The molecule has 0 radical (unpaired) electrons. The zero-order valence-electron chi connectivity index (χ0n) is 28.9. The highest BCUT2D eigenvalue weighted by molar-refractivity contribution is 5.92. The third-order valence-electron chi connectivity index (χ3n) is 9.78. The van der Waals surface area contributed by atoms with E-state index in [2.05, 4.69) is 10.3 Å². The molecule has 2 N–H and O–H groups in total. The van der Waals surface area contributed by atoms with Crippen molar-refractivity contribution in [1.29, 1.82) is 0 Å². The number of aromatic hydroxyl groups is 1. The number of hydrazine groups is 1. The molecule has 4 aromatic carbocycles. The Morgan fingerprint density at radius 3 is 2.36 bits per heavy atom. The summed E-state index contributed by atoms with van der Waals surface area (Å²) in [6.45, 7) is 0.624. The molecule has 53 heavy (non-hydrogen) atoms. The molecule has 2 aromatic heterocycles. The molecule has 4 amide bonds. The predicted octanol–water partition coefficient (Wildman–Crippen LogP) is 4.88. The number of amides is 4. The Kier molecular flexibility index (Phi) is 9.26.